The van der Waals surface area contributed by atoms with Gasteiger partial charge in [0.05, 0.1) is 27.9 Å². The first-order valence-corrected chi connectivity index (χ1v) is 15.3. The van der Waals surface area contributed by atoms with Crippen LogP contribution in [0.15, 0.2) is 134 Å². The molecular formula is C41H28N4. The van der Waals surface area contributed by atoms with Gasteiger partial charge in [-0.15, -0.1) is 0 Å². The Morgan fingerprint density at radius 1 is 0.444 bits per heavy atom. The molecule has 212 valence electrons. The summed E-state index contributed by atoms with van der Waals surface area (Å²) >= 11 is 0. The largest absolute Gasteiger partial charge is 0.256 e. The summed E-state index contributed by atoms with van der Waals surface area (Å²) in [4.78, 5) is 19.6. The van der Waals surface area contributed by atoms with Crippen LogP contribution in [0.4, 0.5) is 0 Å². The van der Waals surface area contributed by atoms with Gasteiger partial charge in [0, 0.05) is 56.9 Å². The van der Waals surface area contributed by atoms with Crippen molar-refractivity contribution < 1.29 is 0 Å². The first-order valence-electron chi connectivity index (χ1n) is 15.3. The van der Waals surface area contributed by atoms with E-state index < -0.39 is 0 Å². The molecule has 4 nitrogen and oxygen atoms in total. The molecule has 0 unspecified atom stereocenters. The molecule has 0 saturated carbocycles. The third-order valence-electron chi connectivity index (χ3n) is 9.37. The highest BCUT2D eigenvalue weighted by molar-refractivity contribution is 6.03. The number of hydrogen-bond acceptors (Lipinski definition) is 4. The summed E-state index contributed by atoms with van der Waals surface area (Å²) in [6.07, 6.45) is 5.64. The second-order valence-electron chi connectivity index (χ2n) is 12.4. The van der Waals surface area contributed by atoms with Crippen LogP contribution < -0.4 is 0 Å². The number of rotatable bonds is 3. The zero-order chi connectivity index (χ0) is 30.1. The summed E-state index contributed by atoms with van der Waals surface area (Å²) in [5, 5.41) is 3.24. The number of fused-ring (bicyclic) bond motifs is 7. The molecule has 0 fully saturated rings. The lowest BCUT2D eigenvalue weighted by molar-refractivity contribution is 0.660. The Morgan fingerprint density at radius 3 is 2.02 bits per heavy atom. The minimum atomic E-state index is -0.0962. The molecule has 0 aliphatic heterocycles. The van der Waals surface area contributed by atoms with Crippen molar-refractivity contribution in [2.24, 2.45) is 0 Å². The lowest BCUT2D eigenvalue weighted by Crippen LogP contribution is -2.14. The van der Waals surface area contributed by atoms with Crippen molar-refractivity contribution >= 4 is 32.7 Å². The van der Waals surface area contributed by atoms with E-state index in [1.807, 2.05) is 30.7 Å². The highest BCUT2D eigenvalue weighted by Gasteiger charge is 2.35. The Morgan fingerprint density at radius 2 is 1.13 bits per heavy atom. The van der Waals surface area contributed by atoms with E-state index in [4.69, 9.17) is 15.0 Å². The molecule has 0 atom stereocenters. The normalized spacial score (nSPS) is 13.3. The SMILES string of the molecule is CC1(C)c2ccccc2-c2ccc(-c3cc(-c4cnc5c(ccc6cccnc65)c4)cc(-c4cccc5cccnc45)n3)cc21. The maximum absolute atomic E-state index is 5.30. The van der Waals surface area contributed by atoms with Gasteiger partial charge < -0.3 is 0 Å². The molecule has 0 saturated heterocycles. The number of pyridine rings is 4. The molecule has 4 heterocycles. The van der Waals surface area contributed by atoms with E-state index in [0.29, 0.717) is 0 Å². The van der Waals surface area contributed by atoms with Crippen LogP contribution >= 0.6 is 0 Å². The lowest BCUT2D eigenvalue weighted by atomic mass is 9.82. The molecule has 0 N–H and O–H groups in total. The summed E-state index contributed by atoms with van der Waals surface area (Å²) in [6, 6.07) is 40.8. The van der Waals surface area contributed by atoms with Gasteiger partial charge in [-0.05, 0) is 64.2 Å². The second kappa shape index (κ2) is 9.63. The molecule has 45 heavy (non-hydrogen) atoms. The molecular weight excluding hydrogens is 548 g/mol. The van der Waals surface area contributed by atoms with Crippen LogP contribution in [0.5, 0.6) is 0 Å². The van der Waals surface area contributed by atoms with E-state index >= 15 is 0 Å². The van der Waals surface area contributed by atoms with E-state index in [2.05, 4.69) is 122 Å². The first kappa shape index (κ1) is 25.7. The molecule has 4 aromatic carbocycles. The summed E-state index contributed by atoms with van der Waals surface area (Å²) in [5.41, 5.74) is 14.0. The third kappa shape index (κ3) is 3.99. The van der Waals surface area contributed by atoms with E-state index in [-0.39, 0.29) is 5.41 Å². The molecule has 1 aliphatic rings. The smallest absolute Gasteiger partial charge is 0.0964 e. The Bertz CT molecular complexity index is 2470. The van der Waals surface area contributed by atoms with Crippen LogP contribution in [0.3, 0.4) is 0 Å². The Kier molecular flexibility index (Phi) is 5.51. The quantitative estimate of drug-likeness (QED) is 0.196. The van der Waals surface area contributed by atoms with Crippen LogP contribution in [0.2, 0.25) is 0 Å². The molecule has 0 bridgehead atoms. The van der Waals surface area contributed by atoms with Crippen LogP contribution in [0, 0.1) is 0 Å². The van der Waals surface area contributed by atoms with Gasteiger partial charge in [-0.2, -0.15) is 0 Å². The number of benzene rings is 4. The highest BCUT2D eigenvalue weighted by Crippen LogP contribution is 2.49. The van der Waals surface area contributed by atoms with Gasteiger partial charge in [0.15, 0.2) is 0 Å². The van der Waals surface area contributed by atoms with E-state index in [1.165, 1.54) is 22.3 Å². The topological polar surface area (TPSA) is 51.6 Å². The van der Waals surface area contributed by atoms with Crippen molar-refractivity contribution in [1.29, 1.82) is 0 Å². The Hall–Kier alpha value is -5.74. The molecule has 9 rings (SSSR count). The molecule has 0 amide bonds. The standard InChI is InChI=1S/C41H28N4/c1-41(2)34-13-4-3-11-31(34)32-17-16-27(21-35(32)41)36-22-29(23-37(45-36)33-12-5-8-25-9-6-18-42-38(25)33)30-20-28-15-14-26-10-7-19-43-39(26)40(28)44-24-30/h3-24H,1-2H3. The van der Waals surface area contributed by atoms with Crippen LogP contribution in [0.1, 0.15) is 25.0 Å². The van der Waals surface area contributed by atoms with Gasteiger partial charge in [-0.1, -0.05) is 92.7 Å². The molecule has 4 aromatic heterocycles. The average Bonchev–Trinajstić information content (AvgIpc) is 3.33. The van der Waals surface area contributed by atoms with E-state index in [0.717, 1.165) is 66.4 Å². The molecule has 4 heteroatoms. The van der Waals surface area contributed by atoms with Crippen LogP contribution in [-0.4, -0.2) is 19.9 Å². The van der Waals surface area contributed by atoms with Crippen LogP contribution in [-0.2, 0) is 5.41 Å². The summed E-state index contributed by atoms with van der Waals surface area (Å²) in [6.45, 7) is 4.63. The molecule has 8 aromatic rings. The van der Waals surface area contributed by atoms with Gasteiger partial charge in [0.25, 0.3) is 0 Å². The Balaban J connectivity index is 1.26. The van der Waals surface area contributed by atoms with Crippen molar-refractivity contribution in [1.82, 2.24) is 19.9 Å². The second-order valence-corrected chi connectivity index (χ2v) is 12.4. The van der Waals surface area contributed by atoms with Gasteiger partial charge in [0.1, 0.15) is 0 Å². The predicted octanol–water partition coefficient (Wildman–Crippen LogP) is 10.0. The lowest BCUT2D eigenvalue weighted by Gasteiger charge is -2.22. The fourth-order valence-electron chi connectivity index (χ4n) is 7.05. The van der Waals surface area contributed by atoms with Gasteiger partial charge in [-0.25, -0.2) is 4.98 Å². The number of para-hydroxylation sites is 1. The zero-order valence-corrected chi connectivity index (χ0v) is 25.0. The molecule has 1 aliphatic carbocycles. The molecule has 0 spiro atoms. The van der Waals surface area contributed by atoms with Crippen molar-refractivity contribution in [2.45, 2.75) is 19.3 Å². The monoisotopic (exact) mass is 576 g/mol. The van der Waals surface area contributed by atoms with Crippen molar-refractivity contribution in [3.05, 3.63) is 145 Å². The van der Waals surface area contributed by atoms with Gasteiger partial charge in [0.2, 0.25) is 0 Å². The van der Waals surface area contributed by atoms with Crippen molar-refractivity contribution in [3.63, 3.8) is 0 Å². The zero-order valence-electron chi connectivity index (χ0n) is 25.0. The number of nitrogens with zero attached hydrogens (tertiary/aromatic N) is 4. The van der Waals surface area contributed by atoms with Crippen molar-refractivity contribution in [2.75, 3.05) is 0 Å². The fraction of sp³-hybridized carbons (Fsp3) is 0.0732. The fourth-order valence-corrected chi connectivity index (χ4v) is 7.05. The maximum atomic E-state index is 5.30. The Labute approximate surface area is 261 Å². The van der Waals surface area contributed by atoms with Gasteiger partial charge in [-0.3, -0.25) is 15.0 Å². The summed E-state index contributed by atoms with van der Waals surface area (Å²) in [7, 11) is 0. The minimum absolute atomic E-state index is 0.0962. The average molecular weight is 577 g/mol. The maximum Gasteiger partial charge on any atom is 0.0964 e. The first-order chi connectivity index (χ1) is 22.0. The molecule has 0 radical (unpaired) electrons. The number of aromatic nitrogens is 4. The van der Waals surface area contributed by atoms with E-state index in [9.17, 15) is 0 Å². The highest BCUT2D eigenvalue weighted by atomic mass is 14.7. The minimum Gasteiger partial charge on any atom is -0.256 e. The summed E-state index contributed by atoms with van der Waals surface area (Å²) < 4.78 is 0. The van der Waals surface area contributed by atoms with E-state index in [1.54, 1.807) is 0 Å². The summed E-state index contributed by atoms with van der Waals surface area (Å²) in [5.74, 6) is 0. The van der Waals surface area contributed by atoms with Crippen molar-refractivity contribution in [3.8, 4) is 44.8 Å². The third-order valence-corrected chi connectivity index (χ3v) is 9.37. The van der Waals surface area contributed by atoms with Gasteiger partial charge >= 0.3 is 0 Å². The predicted molar refractivity (Wildman–Crippen MR) is 184 cm³/mol. The van der Waals surface area contributed by atoms with Crippen LogP contribution in [0.25, 0.3) is 77.5 Å². The number of hydrogen-bond donors (Lipinski definition) is 0.